The highest BCUT2D eigenvalue weighted by atomic mass is 35.5. The van der Waals surface area contributed by atoms with Crippen molar-refractivity contribution >= 4 is 74.0 Å². The molecule has 2 heterocycles. The summed E-state index contributed by atoms with van der Waals surface area (Å²) in [6.07, 6.45) is 0. The van der Waals surface area contributed by atoms with Crippen LogP contribution in [0.4, 0.5) is 11.5 Å². The highest BCUT2D eigenvalue weighted by Gasteiger charge is 2.29. The van der Waals surface area contributed by atoms with E-state index in [0.717, 1.165) is 39.6 Å². The van der Waals surface area contributed by atoms with Crippen LogP contribution in [0, 0.1) is 13.8 Å². The summed E-state index contributed by atoms with van der Waals surface area (Å²) in [6, 6.07) is 12.5. The zero-order valence-corrected chi connectivity index (χ0v) is 25.4. The molecular formula is C26H29Cl3N6O4S. The minimum absolute atomic E-state index is 0. The lowest BCUT2D eigenvalue weighted by molar-refractivity contribution is -0.135. The maximum atomic E-state index is 13.5. The third-order valence-electron chi connectivity index (χ3n) is 6.24. The number of benzene rings is 2. The zero-order valence-electron chi connectivity index (χ0n) is 22.2. The summed E-state index contributed by atoms with van der Waals surface area (Å²) in [6.45, 7) is 4.64. The molecule has 0 radical (unpaired) electrons. The Morgan fingerprint density at radius 2 is 1.70 bits per heavy atom. The van der Waals surface area contributed by atoms with Crippen LogP contribution in [0.2, 0.25) is 10.0 Å². The summed E-state index contributed by atoms with van der Waals surface area (Å²) in [7, 11) is -0.318. The van der Waals surface area contributed by atoms with E-state index in [1.807, 2.05) is 44.6 Å². The lowest BCUT2D eigenvalue weighted by Crippen LogP contribution is -2.35. The van der Waals surface area contributed by atoms with E-state index >= 15 is 0 Å². The minimum Gasteiger partial charge on any atom is -0.480 e. The summed E-state index contributed by atoms with van der Waals surface area (Å²) < 4.78 is 29.8. The second kappa shape index (κ2) is 12.6. The summed E-state index contributed by atoms with van der Waals surface area (Å²) >= 11 is 12.1. The van der Waals surface area contributed by atoms with Crippen molar-refractivity contribution in [3.63, 3.8) is 0 Å². The SMILES string of the molecule is Cc1c(C)n(-c2ccc(NCCN(C)C)nn2)c2ccc(N(CC(=O)O)S(=O)(=O)c3cc(Cl)cc(Cl)c3)cc12.Cl. The van der Waals surface area contributed by atoms with Gasteiger partial charge in [-0.15, -0.1) is 22.6 Å². The van der Waals surface area contributed by atoms with Crippen LogP contribution in [0.15, 0.2) is 53.4 Å². The fourth-order valence-corrected chi connectivity index (χ4v) is 6.34. The van der Waals surface area contributed by atoms with Crippen molar-refractivity contribution in [2.75, 3.05) is 43.4 Å². The van der Waals surface area contributed by atoms with Crippen molar-refractivity contribution in [3.05, 3.63) is 69.8 Å². The molecule has 0 atom stereocenters. The Labute approximate surface area is 249 Å². The monoisotopic (exact) mass is 626 g/mol. The average Bonchev–Trinajstić information content (AvgIpc) is 3.11. The van der Waals surface area contributed by atoms with Crippen LogP contribution in [0.5, 0.6) is 0 Å². The Balaban J connectivity index is 0.00000441. The van der Waals surface area contributed by atoms with E-state index in [2.05, 4.69) is 20.4 Å². The molecule has 0 unspecified atom stereocenters. The van der Waals surface area contributed by atoms with Gasteiger partial charge in [0.25, 0.3) is 10.0 Å². The van der Waals surface area contributed by atoms with E-state index in [9.17, 15) is 18.3 Å². The van der Waals surface area contributed by atoms with E-state index in [4.69, 9.17) is 23.2 Å². The van der Waals surface area contributed by atoms with Gasteiger partial charge in [0.15, 0.2) is 5.82 Å². The third kappa shape index (κ3) is 6.61. The molecule has 0 saturated heterocycles. The topological polar surface area (TPSA) is 121 Å². The molecule has 0 aliphatic heterocycles. The number of fused-ring (bicyclic) bond motifs is 1. The molecule has 0 fully saturated rings. The fourth-order valence-electron chi connectivity index (χ4n) is 4.20. The van der Waals surface area contributed by atoms with Crippen molar-refractivity contribution in [2.24, 2.45) is 0 Å². The lowest BCUT2D eigenvalue weighted by atomic mass is 10.1. The van der Waals surface area contributed by atoms with E-state index in [1.54, 1.807) is 18.2 Å². The number of nitrogens with zero attached hydrogens (tertiary/aromatic N) is 5. The number of hydrogen-bond donors (Lipinski definition) is 2. The molecular weight excluding hydrogens is 599 g/mol. The minimum atomic E-state index is -4.30. The molecule has 2 aromatic heterocycles. The predicted molar refractivity (Wildman–Crippen MR) is 161 cm³/mol. The van der Waals surface area contributed by atoms with Gasteiger partial charge in [0.1, 0.15) is 12.4 Å². The number of aliphatic carboxylic acids is 1. The number of aromatic nitrogens is 3. The van der Waals surface area contributed by atoms with Gasteiger partial charge < -0.3 is 15.3 Å². The van der Waals surface area contributed by atoms with Gasteiger partial charge in [0.2, 0.25) is 0 Å². The number of nitrogens with one attached hydrogen (secondary N) is 1. The first-order valence-electron chi connectivity index (χ1n) is 11.9. The van der Waals surface area contributed by atoms with Gasteiger partial charge in [-0.25, -0.2) is 8.42 Å². The van der Waals surface area contributed by atoms with Crippen molar-refractivity contribution in [1.29, 1.82) is 0 Å². The molecule has 214 valence electrons. The van der Waals surface area contributed by atoms with Crippen LogP contribution >= 0.6 is 35.6 Å². The summed E-state index contributed by atoms with van der Waals surface area (Å²) in [4.78, 5) is 13.6. The number of carboxylic acid groups (broad SMARTS) is 1. The zero-order chi connectivity index (χ0) is 28.5. The van der Waals surface area contributed by atoms with Crippen LogP contribution in [0.25, 0.3) is 16.7 Å². The average molecular weight is 628 g/mol. The van der Waals surface area contributed by atoms with Crippen LogP contribution in [0.3, 0.4) is 0 Å². The number of halogens is 3. The van der Waals surface area contributed by atoms with E-state index < -0.39 is 22.5 Å². The van der Waals surface area contributed by atoms with E-state index in [0.29, 0.717) is 11.6 Å². The Kier molecular flexibility index (Phi) is 9.91. The number of rotatable bonds is 10. The third-order valence-corrected chi connectivity index (χ3v) is 8.43. The van der Waals surface area contributed by atoms with Gasteiger partial charge in [0, 0.05) is 34.2 Å². The highest BCUT2D eigenvalue weighted by Crippen LogP contribution is 2.34. The largest absolute Gasteiger partial charge is 0.480 e. The standard InChI is InChI=1S/C26H28Cl2N6O4S.ClH/c1-16-17(2)34(25-8-7-24(30-31-25)29-9-10-32(3)4)23-6-5-20(14-22(16)23)33(15-26(35)36)39(37,38)21-12-18(27)11-19(28)13-21;/h5-8,11-14H,9-10,15H2,1-4H3,(H,29,30)(H,35,36);1H. The quantitative estimate of drug-likeness (QED) is 0.252. The first-order valence-corrected chi connectivity index (χ1v) is 14.1. The molecule has 0 amide bonds. The molecule has 4 rings (SSSR count). The number of hydrogen-bond acceptors (Lipinski definition) is 7. The van der Waals surface area contributed by atoms with Gasteiger partial charge in [-0.3, -0.25) is 13.7 Å². The Morgan fingerprint density at radius 3 is 2.27 bits per heavy atom. The normalized spacial score (nSPS) is 11.5. The molecule has 0 bridgehead atoms. The number of carbonyl (C=O) groups is 1. The second-order valence-corrected chi connectivity index (χ2v) is 12.0. The first-order chi connectivity index (χ1) is 18.4. The molecule has 40 heavy (non-hydrogen) atoms. The summed E-state index contributed by atoms with van der Waals surface area (Å²) in [5.74, 6) is -0.0590. The smallest absolute Gasteiger partial charge is 0.324 e. The molecule has 0 spiro atoms. The summed E-state index contributed by atoms with van der Waals surface area (Å²) in [5.41, 5.74) is 2.74. The molecule has 0 aliphatic rings. The molecule has 2 aromatic carbocycles. The maximum Gasteiger partial charge on any atom is 0.324 e. The van der Waals surface area contributed by atoms with Crippen molar-refractivity contribution in [3.8, 4) is 5.82 Å². The Bertz CT molecular complexity index is 1620. The molecule has 14 heteroatoms. The molecule has 0 saturated carbocycles. The molecule has 4 aromatic rings. The highest BCUT2D eigenvalue weighted by molar-refractivity contribution is 7.92. The number of carboxylic acids is 1. The van der Waals surface area contributed by atoms with Crippen LogP contribution < -0.4 is 9.62 Å². The fraction of sp³-hybridized carbons (Fsp3) is 0.269. The number of likely N-dealkylation sites (N-methyl/N-ethyl adjacent to an activating group) is 1. The maximum absolute atomic E-state index is 13.5. The number of sulfonamides is 1. The van der Waals surface area contributed by atoms with Crippen molar-refractivity contribution < 1.29 is 18.3 Å². The molecule has 2 N–H and O–H groups in total. The van der Waals surface area contributed by atoms with E-state index in [1.165, 1.54) is 18.2 Å². The van der Waals surface area contributed by atoms with E-state index in [-0.39, 0.29) is 33.0 Å². The van der Waals surface area contributed by atoms with Gasteiger partial charge in [-0.05, 0) is 82.0 Å². The van der Waals surface area contributed by atoms with Crippen molar-refractivity contribution in [1.82, 2.24) is 19.7 Å². The van der Waals surface area contributed by atoms with Gasteiger partial charge in [0.05, 0.1) is 16.1 Å². The lowest BCUT2D eigenvalue weighted by Gasteiger charge is -2.23. The Morgan fingerprint density at radius 1 is 1.02 bits per heavy atom. The van der Waals surface area contributed by atoms with Crippen LogP contribution in [-0.2, 0) is 14.8 Å². The first kappa shape index (κ1) is 31.4. The van der Waals surface area contributed by atoms with Gasteiger partial charge in [-0.2, -0.15) is 0 Å². The van der Waals surface area contributed by atoms with Crippen LogP contribution in [-0.4, -0.2) is 72.9 Å². The summed E-state index contributed by atoms with van der Waals surface area (Å²) in [5, 5.41) is 22.4. The molecule has 0 aliphatic carbocycles. The number of anilines is 2. The number of aryl methyl sites for hydroxylation is 1. The van der Waals surface area contributed by atoms with Crippen molar-refractivity contribution in [2.45, 2.75) is 18.7 Å². The van der Waals surface area contributed by atoms with Crippen LogP contribution in [0.1, 0.15) is 11.3 Å². The second-order valence-electron chi connectivity index (χ2n) is 9.26. The Hall–Kier alpha value is -3.09. The predicted octanol–water partition coefficient (Wildman–Crippen LogP) is 5.02. The molecule has 10 nitrogen and oxygen atoms in total. The van der Waals surface area contributed by atoms with Gasteiger partial charge in [-0.1, -0.05) is 23.2 Å². The van der Waals surface area contributed by atoms with Gasteiger partial charge >= 0.3 is 5.97 Å².